The number of nitrogens with one attached hydrogen (secondary N) is 1. The maximum absolute atomic E-state index is 12.1. The Bertz CT molecular complexity index is 416. The van der Waals surface area contributed by atoms with E-state index in [1.165, 1.54) is 6.33 Å². The molecule has 1 aliphatic heterocycles. The van der Waals surface area contributed by atoms with Gasteiger partial charge in [0.05, 0.1) is 5.92 Å². The Kier molecular flexibility index (Phi) is 3.08. The first-order valence-electron chi connectivity index (χ1n) is 5.55. The van der Waals surface area contributed by atoms with Gasteiger partial charge in [-0.3, -0.25) is 14.7 Å². The number of aromatic amines is 1. The number of carbonyl (C=O) groups is 2. The van der Waals surface area contributed by atoms with Crippen molar-refractivity contribution in [1.29, 1.82) is 0 Å². The van der Waals surface area contributed by atoms with Crippen LogP contribution in [0.4, 0.5) is 0 Å². The molecule has 17 heavy (non-hydrogen) atoms. The zero-order valence-electron chi connectivity index (χ0n) is 9.59. The fourth-order valence-electron chi connectivity index (χ4n) is 2.07. The number of amides is 2. The summed E-state index contributed by atoms with van der Waals surface area (Å²) in [5.74, 6) is -0.659. The van der Waals surface area contributed by atoms with Gasteiger partial charge in [0.1, 0.15) is 6.33 Å². The van der Waals surface area contributed by atoms with Gasteiger partial charge in [0, 0.05) is 12.6 Å². The number of carbonyl (C=O) groups excluding carboxylic acids is 2. The lowest BCUT2D eigenvalue weighted by Gasteiger charge is -2.36. The normalized spacial score (nSPS) is 24.6. The molecule has 7 nitrogen and oxygen atoms in total. The van der Waals surface area contributed by atoms with E-state index >= 15 is 0 Å². The summed E-state index contributed by atoms with van der Waals surface area (Å²) < 4.78 is 0. The van der Waals surface area contributed by atoms with Gasteiger partial charge in [0.2, 0.25) is 11.7 Å². The second kappa shape index (κ2) is 4.52. The number of hydrogen-bond acceptors (Lipinski definition) is 4. The Morgan fingerprint density at radius 3 is 2.88 bits per heavy atom. The highest BCUT2D eigenvalue weighted by molar-refractivity contribution is 5.91. The Hall–Kier alpha value is -1.92. The average Bonchev–Trinajstić information content (AvgIpc) is 2.81. The Balaban J connectivity index is 2.13. The first-order valence-corrected chi connectivity index (χ1v) is 5.55. The summed E-state index contributed by atoms with van der Waals surface area (Å²) in [5, 5.41) is 6.17. The van der Waals surface area contributed by atoms with Gasteiger partial charge in [-0.1, -0.05) is 0 Å². The van der Waals surface area contributed by atoms with Crippen LogP contribution in [0.5, 0.6) is 0 Å². The standard InChI is InChI=1S/C10H15N5O2/c1-6-2-3-7(8(11)16)4-15(6)10(17)9-12-5-13-14-9/h5-7H,2-4H2,1H3,(H2,11,16)(H,12,13,14). The van der Waals surface area contributed by atoms with Gasteiger partial charge in [0.15, 0.2) is 0 Å². The molecule has 1 saturated heterocycles. The number of piperidine rings is 1. The van der Waals surface area contributed by atoms with Crippen LogP contribution in [-0.4, -0.2) is 44.5 Å². The molecule has 0 spiro atoms. The third kappa shape index (κ3) is 2.27. The summed E-state index contributed by atoms with van der Waals surface area (Å²) in [6.45, 7) is 2.31. The molecule has 1 aromatic rings. The van der Waals surface area contributed by atoms with Gasteiger partial charge in [-0.25, -0.2) is 4.98 Å². The third-order valence-corrected chi connectivity index (χ3v) is 3.16. The van der Waals surface area contributed by atoms with Crippen LogP contribution in [0.1, 0.15) is 30.4 Å². The van der Waals surface area contributed by atoms with Crippen LogP contribution in [0.3, 0.4) is 0 Å². The monoisotopic (exact) mass is 237 g/mol. The Labute approximate surface area is 98.4 Å². The maximum Gasteiger partial charge on any atom is 0.291 e. The molecular formula is C10H15N5O2. The van der Waals surface area contributed by atoms with Crippen LogP contribution in [0.2, 0.25) is 0 Å². The topological polar surface area (TPSA) is 105 Å². The van der Waals surface area contributed by atoms with Crippen molar-refractivity contribution in [1.82, 2.24) is 20.1 Å². The van der Waals surface area contributed by atoms with Gasteiger partial charge < -0.3 is 10.6 Å². The fourth-order valence-corrected chi connectivity index (χ4v) is 2.07. The minimum atomic E-state index is -0.354. The third-order valence-electron chi connectivity index (χ3n) is 3.16. The predicted octanol–water partition coefficient (Wildman–Crippen LogP) is -0.469. The van der Waals surface area contributed by atoms with Crippen LogP contribution in [0, 0.1) is 5.92 Å². The first kappa shape index (κ1) is 11.6. The van der Waals surface area contributed by atoms with Crippen LogP contribution in [0.25, 0.3) is 0 Å². The van der Waals surface area contributed by atoms with E-state index in [1.807, 2.05) is 6.92 Å². The second-order valence-corrected chi connectivity index (χ2v) is 4.32. The highest BCUT2D eigenvalue weighted by Crippen LogP contribution is 2.22. The number of primary amides is 1. The van der Waals surface area contributed by atoms with Crippen molar-refractivity contribution in [2.24, 2.45) is 11.7 Å². The van der Waals surface area contributed by atoms with Crippen molar-refractivity contribution in [2.75, 3.05) is 6.54 Å². The molecular weight excluding hydrogens is 222 g/mol. The molecule has 2 heterocycles. The molecule has 2 rings (SSSR count). The second-order valence-electron chi connectivity index (χ2n) is 4.32. The molecule has 92 valence electrons. The number of aromatic nitrogens is 3. The summed E-state index contributed by atoms with van der Waals surface area (Å²) in [6, 6.07) is 0.0863. The van der Waals surface area contributed by atoms with E-state index in [2.05, 4.69) is 15.2 Å². The van der Waals surface area contributed by atoms with Crippen molar-refractivity contribution in [3.05, 3.63) is 12.2 Å². The molecule has 3 N–H and O–H groups in total. The molecule has 0 aliphatic carbocycles. The minimum absolute atomic E-state index is 0.0863. The number of H-pyrrole nitrogens is 1. The lowest BCUT2D eigenvalue weighted by molar-refractivity contribution is -0.123. The minimum Gasteiger partial charge on any atom is -0.369 e. The molecule has 2 amide bonds. The lowest BCUT2D eigenvalue weighted by Crippen LogP contribution is -2.48. The van der Waals surface area contributed by atoms with E-state index in [1.54, 1.807) is 4.90 Å². The summed E-state index contributed by atoms with van der Waals surface area (Å²) in [4.78, 5) is 28.7. The predicted molar refractivity (Wildman–Crippen MR) is 58.8 cm³/mol. The van der Waals surface area contributed by atoms with E-state index in [0.29, 0.717) is 6.54 Å². The van der Waals surface area contributed by atoms with E-state index in [9.17, 15) is 9.59 Å². The summed E-state index contributed by atoms with van der Waals surface area (Å²) >= 11 is 0. The zero-order valence-corrected chi connectivity index (χ0v) is 9.59. The number of nitrogens with two attached hydrogens (primary N) is 1. The fraction of sp³-hybridized carbons (Fsp3) is 0.600. The smallest absolute Gasteiger partial charge is 0.291 e. The molecule has 1 aromatic heterocycles. The molecule has 1 fully saturated rings. The number of rotatable bonds is 2. The Morgan fingerprint density at radius 1 is 1.53 bits per heavy atom. The van der Waals surface area contributed by atoms with Gasteiger partial charge >= 0.3 is 0 Å². The number of likely N-dealkylation sites (tertiary alicyclic amines) is 1. The molecule has 0 radical (unpaired) electrons. The molecule has 2 unspecified atom stereocenters. The summed E-state index contributed by atoms with van der Waals surface area (Å²) in [5.41, 5.74) is 5.28. The number of nitrogens with zero attached hydrogens (tertiary/aromatic N) is 3. The van der Waals surface area contributed by atoms with Gasteiger partial charge in [-0.05, 0) is 19.8 Å². The molecule has 0 aromatic carbocycles. The highest BCUT2D eigenvalue weighted by atomic mass is 16.2. The molecule has 2 atom stereocenters. The average molecular weight is 237 g/mol. The first-order chi connectivity index (χ1) is 8.09. The SMILES string of the molecule is CC1CCC(C(N)=O)CN1C(=O)c1ncn[nH]1. The maximum atomic E-state index is 12.1. The largest absolute Gasteiger partial charge is 0.369 e. The quantitative estimate of drug-likeness (QED) is 0.725. The number of hydrogen-bond donors (Lipinski definition) is 2. The zero-order chi connectivity index (χ0) is 12.4. The van der Waals surface area contributed by atoms with E-state index in [4.69, 9.17) is 5.73 Å². The van der Waals surface area contributed by atoms with Crippen molar-refractivity contribution in [2.45, 2.75) is 25.8 Å². The van der Waals surface area contributed by atoms with Crippen molar-refractivity contribution in [3.63, 3.8) is 0 Å². The van der Waals surface area contributed by atoms with Gasteiger partial charge in [0.25, 0.3) is 5.91 Å². The highest BCUT2D eigenvalue weighted by Gasteiger charge is 2.32. The van der Waals surface area contributed by atoms with Crippen LogP contribution in [0.15, 0.2) is 6.33 Å². The molecule has 7 heteroatoms. The van der Waals surface area contributed by atoms with Crippen LogP contribution in [-0.2, 0) is 4.79 Å². The Morgan fingerprint density at radius 2 is 2.29 bits per heavy atom. The molecule has 1 aliphatic rings. The van der Waals surface area contributed by atoms with E-state index in [0.717, 1.165) is 12.8 Å². The van der Waals surface area contributed by atoms with E-state index in [-0.39, 0.29) is 29.6 Å². The van der Waals surface area contributed by atoms with Gasteiger partial charge in [-0.2, -0.15) is 5.10 Å². The lowest BCUT2D eigenvalue weighted by atomic mass is 9.93. The molecule has 0 bridgehead atoms. The van der Waals surface area contributed by atoms with Crippen molar-refractivity contribution >= 4 is 11.8 Å². The van der Waals surface area contributed by atoms with Crippen LogP contribution >= 0.6 is 0 Å². The summed E-state index contributed by atoms with van der Waals surface area (Å²) in [6.07, 6.45) is 2.79. The van der Waals surface area contributed by atoms with E-state index < -0.39 is 0 Å². The van der Waals surface area contributed by atoms with Gasteiger partial charge in [-0.15, -0.1) is 0 Å². The van der Waals surface area contributed by atoms with Crippen LogP contribution < -0.4 is 5.73 Å². The molecule has 0 saturated carbocycles. The summed E-state index contributed by atoms with van der Waals surface area (Å²) in [7, 11) is 0. The van der Waals surface area contributed by atoms with Crippen molar-refractivity contribution < 1.29 is 9.59 Å². The van der Waals surface area contributed by atoms with Crippen molar-refractivity contribution in [3.8, 4) is 0 Å².